The molecule has 3 nitrogen and oxygen atoms in total. The summed E-state index contributed by atoms with van der Waals surface area (Å²) in [6.07, 6.45) is 6.17. The summed E-state index contributed by atoms with van der Waals surface area (Å²) in [5.74, 6) is 1.89. The van der Waals surface area contributed by atoms with Gasteiger partial charge in [-0.2, -0.15) is 0 Å². The van der Waals surface area contributed by atoms with Gasteiger partial charge in [-0.15, -0.1) is 0 Å². The molecule has 1 aliphatic heterocycles. The third-order valence-corrected chi connectivity index (χ3v) is 4.56. The highest BCUT2D eigenvalue weighted by Crippen LogP contribution is 2.32. The number of hydrogen-bond donors (Lipinski definition) is 1. The summed E-state index contributed by atoms with van der Waals surface area (Å²) in [6.45, 7) is 8.54. The van der Waals surface area contributed by atoms with Gasteiger partial charge in [0.1, 0.15) is 0 Å². The van der Waals surface area contributed by atoms with Crippen molar-refractivity contribution in [3.63, 3.8) is 0 Å². The van der Waals surface area contributed by atoms with Gasteiger partial charge < -0.3 is 10.2 Å². The SMILES string of the molecule is CC(C)NC1CCCN(CC2CCCC2C)C1=O. The molecule has 1 aliphatic carbocycles. The predicted molar refractivity (Wildman–Crippen MR) is 74.4 cm³/mol. The number of amides is 1. The van der Waals surface area contributed by atoms with Crippen LogP contribution in [0.4, 0.5) is 0 Å². The zero-order chi connectivity index (χ0) is 13.1. The highest BCUT2D eigenvalue weighted by Gasteiger charge is 2.32. The average molecular weight is 252 g/mol. The van der Waals surface area contributed by atoms with E-state index in [-0.39, 0.29) is 6.04 Å². The molecular formula is C15H28N2O. The van der Waals surface area contributed by atoms with Crippen LogP contribution in [-0.2, 0) is 4.79 Å². The Hall–Kier alpha value is -0.570. The lowest BCUT2D eigenvalue weighted by Gasteiger charge is -2.36. The van der Waals surface area contributed by atoms with E-state index < -0.39 is 0 Å². The molecule has 104 valence electrons. The third kappa shape index (κ3) is 3.25. The number of rotatable bonds is 4. The van der Waals surface area contributed by atoms with E-state index >= 15 is 0 Å². The Bertz CT molecular complexity index is 290. The largest absolute Gasteiger partial charge is 0.341 e. The first kappa shape index (κ1) is 13.9. The summed E-state index contributed by atoms with van der Waals surface area (Å²) in [5, 5.41) is 3.41. The van der Waals surface area contributed by atoms with Crippen LogP contribution in [0.15, 0.2) is 0 Å². The second kappa shape index (κ2) is 6.05. The molecule has 2 fully saturated rings. The molecule has 0 aromatic carbocycles. The fourth-order valence-corrected chi connectivity index (χ4v) is 3.46. The van der Waals surface area contributed by atoms with Crippen molar-refractivity contribution in [1.82, 2.24) is 10.2 Å². The summed E-state index contributed by atoms with van der Waals surface area (Å²) >= 11 is 0. The number of carbonyl (C=O) groups is 1. The first-order valence-electron chi connectivity index (χ1n) is 7.62. The number of piperidine rings is 1. The maximum Gasteiger partial charge on any atom is 0.239 e. The highest BCUT2D eigenvalue weighted by atomic mass is 16.2. The van der Waals surface area contributed by atoms with Gasteiger partial charge in [0.15, 0.2) is 0 Å². The predicted octanol–water partition coefficient (Wildman–Crippen LogP) is 2.41. The molecule has 1 saturated heterocycles. The molecule has 1 N–H and O–H groups in total. The van der Waals surface area contributed by atoms with Crippen molar-refractivity contribution in [3.8, 4) is 0 Å². The molecule has 2 aliphatic rings. The van der Waals surface area contributed by atoms with E-state index in [1.165, 1.54) is 19.3 Å². The minimum absolute atomic E-state index is 0.0652. The second-order valence-electron chi connectivity index (χ2n) is 6.47. The molecule has 0 bridgehead atoms. The number of nitrogens with one attached hydrogen (secondary N) is 1. The fraction of sp³-hybridized carbons (Fsp3) is 0.933. The molecule has 1 saturated carbocycles. The van der Waals surface area contributed by atoms with Gasteiger partial charge in [0, 0.05) is 19.1 Å². The van der Waals surface area contributed by atoms with Crippen LogP contribution in [-0.4, -0.2) is 36.0 Å². The van der Waals surface area contributed by atoms with E-state index in [1.807, 2.05) is 0 Å². The average Bonchev–Trinajstić information content (AvgIpc) is 2.70. The van der Waals surface area contributed by atoms with Crippen molar-refractivity contribution < 1.29 is 4.79 Å². The minimum Gasteiger partial charge on any atom is -0.341 e. The molecule has 0 aromatic heterocycles. The van der Waals surface area contributed by atoms with Crippen LogP contribution in [0.2, 0.25) is 0 Å². The van der Waals surface area contributed by atoms with Crippen LogP contribution in [0, 0.1) is 11.8 Å². The zero-order valence-electron chi connectivity index (χ0n) is 12.1. The number of carbonyl (C=O) groups excluding carboxylic acids is 1. The van der Waals surface area contributed by atoms with Crippen LogP contribution >= 0.6 is 0 Å². The Morgan fingerprint density at radius 1 is 1.28 bits per heavy atom. The van der Waals surface area contributed by atoms with Gasteiger partial charge in [-0.3, -0.25) is 4.79 Å². The quantitative estimate of drug-likeness (QED) is 0.833. The first-order chi connectivity index (χ1) is 8.58. The molecule has 1 amide bonds. The molecule has 3 atom stereocenters. The van der Waals surface area contributed by atoms with Crippen LogP contribution in [0.25, 0.3) is 0 Å². The molecule has 0 spiro atoms. The summed E-state index contributed by atoms with van der Waals surface area (Å²) in [5.41, 5.74) is 0. The Kier molecular flexibility index (Phi) is 4.66. The highest BCUT2D eigenvalue weighted by molar-refractivity contribution is 5.82. The normalized spacial score (nSPS) is 33.4. The van der Waals surface area contributed by atoms with Crippen LogP contribution in [0.1, 0.15) is 52.9 Å². The number of likely N-dealkylation sites (tertiary alicyclic amines) is 1. The standard InChI is InChI=1S/C15H28N2O/c1-11(2)16-14-8-5-9-17(15(14)18)10-13-7-4-6-12(13)3/h11-14,16H,4-10H2,1-3H3. The van der Waals surface area contributed by atoms with Gasteiger partial charge in [-0.05, 0) is 31.1 Å². The van der Waals surface area contributed by atoms with Gasteiger partial charge >= 0.3 is 0 Å². The number of hydrogen-bond acceptors (Lipinski definition) is 2. The van der Waals surface area contributed by atoms with E-state index in [0.29, 0.717) is 11.9 Å². The van der Waals surface area contributed by atoms with Gasteiger partial charge in [0.05, 0.1) is 6.04 Å². The molecule has 3 unspecified atom stereocenters. The van der Waals surface area contributed by atoms with E-state index in [0.717, 1.165) is 37.8 Å². The maximum absolute atomic E-state index is 12.4. The van der Waals surface area contributed by atoms with E-state index in [9.17, 15) is 4.79 Å². The summed E-state index contributed by atoms with van der Waals surface area (Å²) < 4.78 is 0. The molecule has 0 aromatic rings. The molecule has 2 rings (SSSR count). The Morgan fingerprint density at radius 2 is 2.06 bits per heavy atom. The first-order valence-corrected chi connectivity index (χ1v) is 7.62. The van der Waals surface area contributed by atoms with Crippen LogP contribution < -0.4 is 5.32 Å². The van der Waals surface area contributed by atoms with Crippen molar-refractivity contribution in [1.29, 1.82) is 0 Å². The lowest BCUT2D eigenvalue weighted by molar-refractivity contribution is -0.137. The second-order valence-corrected chi connectivity index (χ2v) is 6.47. The summed E-state index contributed by atoms with van der Waals surface area (Å²) in [4.78, 5) is 14.5. The van der Waals surface area contributed by atoms with E-state index in [4.69, 9.17) is 0 Å². The van der Waals surface area contributed by atoms with Crippen LogP contribution in [0.3, 0.4) is 0 Å². The summed E-state index contributed by atoms with van der Waals surface area (Å²) in [6, 6.07) is 0.458. The van der Waals surface area contributed by atoms with Gasteiger partial charge in [-0.25, -0.2) is 0 Å². The molecule has 3 heteroatoms. The van der Waals surface area contributed by atoms with Gasteiger partial charge in [0.2, 0.25) is 5.91 Å². The molecular weight excluding hydrogens is 224 g/mol. The van der Waals surface area contributed by atoms with Gasteiger partial charge in [0.25, 0.3) is 0 Å². The number of nitrogens with zero attached hydrogens (tertiary/aromatic N) is 1. The molecule has 0 radical (unpaired) electrons. The third-order valence-electron chi connectivity index (χ3n) is 4.56. The summed E-state index contributed by atoms with van der Waals surface area (Å²) in [7, 11) is 0. The van der Waals surface area contributed by atoms with E-state index in [2.05, 4.69) is 31.0 Å². The fourth-order valence-electron chi connectivity index (χ4n) is 3.46. The topological polar surface area (TPSA) is 32.3 Å². The van der Waals surface area contributed by atoms with E-state index in [1.54, 1.807) is 0 Å². The Labute approximate surface area is 111 Å². The maximum atomic E-state index is 12.4. The lowest BCUT2D eigenvalue weighted by atomic mass is 9.95. The monoisotopic (exact) mass is 252 g/mol. The zero-order valence-corrected chi connectivity index (χ0v) is 12.1. The Morgan fingerprint density at radius 3 is 2.67 bits per heavy atom. The van der Waals surface area contributed by atoms with Crippen molar-refractivity contribution in [3.05, 3.63) is 0 Å². The van der Waals surface area contributed by atoms with Crippen molar-refractivity contribution in [2.75, 3.05) is 13.1 Å². The van der Waals surface area contributed by atoms with Crippen molar-refractivity contribution in [2.45, 2.75) is 65.0 Å². The lowest BCUT2D eigenvalue weighted by Crippen LogP contribution is -2.53. The van der Waals surface area contributed by atoms with Crippen molar-refractivity contribution >= 4 is 5.91 Å². The minimum atomic E-state index is 0.0652. The smallest absolute Gasteiger partial charge is 0.239 e. The van der Waals surface area contributed by atoms with Crippen molar-refractivity contribution in [2.24, 2.45) is 11.8 Å². The Balaban J connectivity index is 1.89. The molecule has 1 heterocycles. The molecule has 18 heavy (non-hydrogen) atoms. The van der Waals surface area contributed by atoms with Gasteiger partial charge in [-0.1, -0.05) is 33.6 Å². The van der Waals surface area contributed by atoms with Crippen LogP contribution in [0.5, 0.6) is 0 Å².